The molecule has 1 amide bonds. The normalized spacial score (nSPS) is 11.5. The molecule has 0 N–H and O–H groups in total. The number of carbonyl (C=O) groups excluding carboxylic acids is 1. The van der Waals surface area contributed by atoms with Crippen molar-refractivity contribution >= 4 is 43.4 Å². The minimum atomic E-state index is -0.362. The second-order valence-corrected chi connectivity index (χ2v) is 7.27. The van der Waals surface area contributed by atoms with Gasteiger partial charge in [-0.25, -0.2) is 0 Å². The third-order valence-corrected chi connectivity index (χ3v) is 5.13. The second-order valence-electron chi connectivity index (χ2n) is 5.34. The van der Waals surface area contributed by atoms with Gasteiger partial charge in [-0.1, -0.05) is 45.5 Å². The summed E-state index contributed by atoms with van der Waals surface area (Å²) >= 11 is 4.92. The molecule has 134 valence electrons. The summed E-state index contributed by atoms with van der Waals surface area (Å²) in [6.45, 7) is 4.19. The zero-order chi connectivity index (χ0) is 18.5. The molecule has 0 saturated heterocycles. The number of nitrogens with zero attached hydrogens (tertiary/aromatic N) is 2. The highest BCUT2D eigenvalue weighted by Gasteiger charge is 2.09. The first-order chi connectivity index (χ1) is 12.6. The van der Waals surface area contributed by atoms with E-state index in [4.69, 9.17) is 9.47 Å². The van der Waals surface area contributed by atoms with Crippen LogP contribution in [0.2, 0.25) is 0 Å². The molecule has 26 heavy (non-hydrogen) atoms. The minimum Gasteiger partial charge on any atom is -0.493 e. The minimum absolute atomic E-state index is 0.160. The third kappa shape index (κ3) is 4.05. The number of fused-ring (bicyclic) bond motifs is 1. The van der Waals surface area contributed by atoms with Gasteiger partial charge in [0.1, 0.15) is 0 Å². The lowest BCUT2D eigenvalue weighted by Gasteiger charge is -2.08. The van der Waals surface area contributed by atoms with Crippen molar-refractivity contribution in [1.29, 1.82) is 0 Å². The fraction of sp³-hybridized carbons (Fsp3) is 0.158. The Morgan fingerprint density at radius 3 is 2.81 bits per heavy atom. The molecule has 3 aromatic rings. The molecule has 0 atom stereocenters. The molecular weight excluding hydrogens is 416 g/mol. The van der Waals surface area contributed by atoms with Crippen LogP contribution in [-0.4, -0.2) is 24.2 Å². The molecule has 5 nitrogen and oxygen atoms in total. The lowest BCUT2D eigenvalue weighted by atomic mass is 10.3. The van der Waals surface area contributed by atoms with E-state index in [9.17, 15) is 4.79 Å². The molecule has 0 bridgehead atoms. The maximum absolute atomic E-state index is 12.3. The molecule has 0 fully saturated rings. The lowest BCUT2D eigenvalue weighted by Crippen LogP contribution is -2.19. The van der Waals surface area contributed by atoms with Crippen LogP contribution in [-0.2, 0) is 11.3 Å². The average Bonchev–Trinajstić information content (AvgIpc) is 2.96. The first-order valence-electron chi connectivity index (χ1n) is 7.85. The van der Waals surface area contributed by atoms with Crippen molar-refractivity contribution in [2.45, 2.75) is 6.54 Å². The van der Waals surface area contributed by atoms with Crippen molar-refractivity contribution in [2.75, 3.05) is 13.7 Å². The van der Waals surface area contributed by atoms with Crippen LogP contribution in [0.1, 0.15) is 0 Å². The van der Waals surface area contributed by atoms with Gasteiger partial charge in [0.2, 0.25) is 0 Å². The number of amides is 1. The molecule has 1 aromatic heterocycles. The third-order valence-electron chi connectivity index (χ3n) is 3.60. The summed E-state index contributed by atoms with van der Waals surface area (Å²) in [7, 11) is 1.56. The van der Waals surface area contributed by atoms with E-state index in [0.29, 0.717) is 22.8 Å². The Labute approximate surface area is 163 Å². The fourth-order valence-corrected chi connectivity index (χ4v) is 4.06. The number of allylic oxidation sites excluding steroid dienone is 1. The van der Waals surface area contributed by atoms with Crippen LogP contribution in [0.15, 0.2) is 64.6 Å². The molecule has 1 heterocycles. The Balaban J connectivity index is 1.87. The highest BCUT2D eigenvalue weighted by molar-refractivity contribution is 9.10. The van der Waals surface area contributed by atoms with Gasteiger partial charge in [-0.2, -0.15) is 4.99 Å². The quantitative estimate of drug-likeness (QED) is 0.549. The van der Waals surface area contributed by atoms with Gasteiger partial charge in [-0.05, 0) is 30.3 Å². The number of thiazole rings is 1. The number of hydrogen-bond acceptors (Lipinski definition) is 4. The van der Waals surface area contributed by atoms with Crippen molar-refractivity contribution in [2.24, 2.45) is 4.99 Å². The van der Waals surface area contributed by atoms with E-state index < -0.39 is 0 Å². The monoisotopic (exact) mass is 432 g/mol. The molecule has 0 radical (unpaired) electrons. The molecule has 7 heteroatoms. The number of hydrogen-bond donors (Lipinski definition) is 0. The molecule has 0 saturated carbocycles. The van der Waals surface area contributed by atoms with Crippen LogP contribution in [0.5, 0.6) is 11.5 Å². The maximum Gasteiger partial charge on any atom is 0.286 e. The number of rotatable bonds is 6. The first kappa shape index (κ1) is 18.4. The van der Waals surface area contributed by atoms with Crippen LogP contribution in [0.3, 0.4) is 0 Å². The predicted molar refractivity (Wildman–Crippen MR) is 107 cm³/mol. The lowest BCUT2D eigenvalue weighted by molar-refractivity contribution is -0.120. The van der Waals surface area contributed by atoms with E-state index in [1.165, 1.54) is 11.3 Å². The smallest absolute Gasteiger partial charge is 0.286 e. The van der Waals surface area contributed by atoms with Gasteiger partial charge in [0.05, 0.1) is 17.3 Å². The van der Waals surface area contributed by atoms with Crippen LogP contribution >= 0.6 is 27.3 Å². The zero-order valence-corrected chi connectivity index (χ0v) is 16.5. The molecule has 0 unspecified atom stereocenters. The number of halogens is 1. The standard InChI is InChI=1S/C19H17BrN2O3S/c1-3-10-22-14-9-8-13(20)11-17(14)26-19(22)21-18(23)12-25-16-7-5-4-6-15(16)24-2/h3-9,11H,1,10,12H2,2H3. The highest BCUT2D eigenvalue weighted by atomic mass is 79.9. The van der Waals surface area contributed by atoms with Gasteiger partial charge in [0.15, 0.2) is 22.9 Å². The first-order valence-corrected chi connectivity index (χ1v) is 9.46. The van der Waals surface area contributed by atoms with Crippen molar-refractivity contribution in [3.63, 3.8) is 0 Å². The van der Waals surface area contributed by atoms with Crippen molar-refractivity contribution in [3.8, 4) is 11.5 Å². The van der Waals surface area contributed by atoms with Crippen LogP contribution in [0, 0.1) is 0 Å². The summed E-state index contributed by atoms with van der Waals surface area (Å²) < 4.78 is 14.7. The van der Waals surface area contributed by atoms with Gasteiger partial charge >= 0.3 is 0 Å². The number of methoxy groups -OCH3 is 1. The van der Waals surface area contributed by atoms with Crippen molar-refractivity contribution in [3.05, 3.63) is 64.4 Å². The van der Waals surface area contributed by atoms with E-state index in [1.54, 1.807) is 25.3 Å². The molecule has 0 aliphatic heterocycles. The zero-order valence-electron chi connectivity index (χ0n) is 14.1. The largest absolute Gasteiger partial charge is 0.493 e. The number of aromatic nitrogens is 1. The number of carbonyl (C=O) groups is 1. The van der Waals surface area contributed by atoms with Gasteiger partial charge in [0.25, 0.3) is 5.91 Å². The number of benzene rings is 2. The molecule has 3 rings (SSSR count). The summed E-state index contributed by atoms with van der Waals surface area (Å²) in [5, 5.41) is 0. The number of para-hydroxylation sites is 2. The second kappa shape index (κ2) is 8.33. The predicted octanol–water partition coefficient (Wildman–Crippen LogP) is 4.17. The topological polar surface area (TPSA) is 52.8 Å². The molecule has 0 aliphatic carbocycles. The summed E-state index contributed by atoms with van der Waals surface area (Å²) in [6, 6.07) is 13.2. The molecular formula is C19H17BrN2O3S. The highest BCUT2D eigenvalue weighted by Crippen LogP contribution is 2.25. The SMILES string of the molecule is C=CCn1c(=NC(=O)COc2ccccc2OC)sc2cc(Br)ccc21. The summed E-state index contributed by atoms with van der Waals surface area (Å²) in [5.41, 5.74) is 1.01. The summed E-state index contributed by atoms with van der Waals surface area (Å²) in [5.74, 6) is 0.728. The molecule has 0 aliphatic rings. The van der Waals surface area contributed by atoms with Gasteiger partial charge < -0.3 is 14.0 Å². The molecule has 0 spiro atoms. The van der Waals surface area contributed by atoms with Crippen LogP contribution in [0.4, 0.5) is 0 Å². The van der Waals surface area contributed by atoms with E-state index in [0.717, 1.165) is 14.7 Å². The van der Waals surface area contributed by atoms with Gasteiger partial charge in [-0.3, -0.25) is 4.79 Å². The Kier molecular flexibility index (Phi) is 5.90. The number of ether oxygens (including phenoxy) is 2. The molecule has 2 aromatic carbocycles. The van der Waals surface area contributed by atoms with E-state index in [2.05, 4.69) is 27.5 Å². The maximum atomic E-state index is 12.3. The Bertz CT molecular complexity index is 1020. The Morgan fingerprint density at radius 1 is 1.31 bits per heavy atom. The van der Waals surface area contributed by atoms with Gasteiger partial charge in [0, 0.05) is 11.0 Å². The van der Waals surface area contributed by atoms with E-state index in [-0.39, 0.29) is 12.5 Å². The Morgan fingerprint density at radius 2 is 2.08 bits per heavy atom. The summed E-state index contributed by atoms with van der Waals surface area (Å²) in [6.07, 6.45) is 1.78. The van der Waals surface area contributed by atoms with Crippen LogP contribution in [0.25, 0.3) is 10.2 Å². The average molecular weight is 433 g/mol. The summed E-state index contributed by atoms with van der Waals surface area (Å²) in [4.78, 5) is 17.2. The van der Waals surface area contributed by atoms with E-state index >= 15 is 0 Å². The Hall–Kier alpha value is -2.38. The van der Waals surface area contributed by atoms with Crippen molar-refractivity contribution < 1.29 is 14.3 Å². The van der Waals surface area contributed by atoms with Gasteiger partial charge in [-0.15, -0.1) is 6.58 Å². The van der Waals surface area contributed by atoms with Crippen LogP contribution < -0.4 is 14.3 Å². The fourth-order valence-electron chi connectivity index (χ4n) is 2.45. The van der Waals surface area contributed by atoms with Crippen molar-refractivity contribution in [1.82, 2.24) is 4.57 Å². The van der Waals surface area contributed by atoms with E-state index in [1.807, 2.05) is 34.9 Å².